The van der Waals surface area contributed by atoms with Gasteiger partial charge < -0.3 is 4.42 Å². The number of benzene rings is 6. The first-order valence-corrected chi connectivity index (χ1v) is 13.9. The molecule has 4 nitrogen and oxygen atoms in total. The van der Waals surface area contributed by atoms with Gasteiger partial charge in [-0.3, -0.25) is 0 Å². The van der Waals surface area contributed by atoms with E-state index in [0.29, 0.717) is 22.8 Å². The quantitative estimate of drug-likeness (QED) is 0.212. The summed E-state index contributed by atoms with van der Waals surface area (Å²) in [7, 11) is 0. The molecule has 0 aliphatic carbocycles. The molecule has 0 spiro atoms. The molecule has 8 aromatic rings. The Kier molecular flexibility index (Phi) is 4.91. The van der Waals surface area contributed by atoms with E-state index in [4.69, 9.17) is 21.2 Å². The van der Waals surface area contributed by atoms with Crippen molar-refractivity contribution in [3.05, 3.63) is 152 Å². The van der Waals surface area contributed by atoms with Gasteiger partial charge in [-0.25, -0.2) is 15.0 Å². The highest BCUT2D eigenvalue weighted by molar-refractivity contribution is 6.05. The lowest BCUT2D eigenvalue weighted by Gasteiger charge is -2.10. The fourth-order valence-corrected chi connectivity index (χ4v) is 5.29. The highest BCUT2D eigenvalue weighted by Gasteiger charge is 2.14. The summed E-state index contributed by atoms with van der Waals surface area (Å²) in [5, 5.41) is 2.09. The maximum Gasteiger partial charge on any atom is 0.164 e. The van der Waals surface area contributed by atoms with E-state index in [1.54, 1.807) is 0 Å². The van der Waals surface area contributed by atoms with Crippen LogP contribution in [0.15, 0.2) is 156 Å². The minimum absolute atomic E-state index is 0.00626. The van der Waals surface area contributed by atoms with Gasteiger partial charge in [0.15, 0.2) is 17.5 Å². The smallest absolute Gasteiger partial charge is 0.164 e. The second-order valence-corrected chi connectivity index (χ2v) is 10.1. The van der Waals surface area contributed by atoms with E-state index in [9.17, 15) is 0 Å². The summed E-state index contributed by atoms with van der Waals surface area (Å²) < 4.78 is 48.0. The van der Waals surface area contributed by atoms with Crippen molar-refractivity contribution in [2.45, 2.75) is 0 Å². The number of fused-ring (bicyclic) bond motifs is 3. The molecule has 0 radical (unpaired) electrons. The molecule has 43 heavy (non-hydrogen) atoms. The molecule has 202 valence electrons. The van der Waals surface area contributed by atoms with Gasteiger partial charge >= 0.3 is 0 Å². The molecule has 0 unspecified atom stereocenters. The van der Waals surface area contributed by atoms with E-state index in [2.05, 4.69) is 17.1 Å². The Balaban J connectivity index is 1.27. The van der Waals surface area contributed by atoms with Crippen molar-refractivity contribution in [2.75, 3.05) is 0 Å². The Hall–Kier alpha value is -5.87. The molecule has 0 aliphatic heterocycles. The minimum Gasteiger partial charge on any atom is -0.456 e. The fraction of sp³-hybridized carbons (Fsp3) is 0. The molecule has 8 rings (SSSR count). The van der Waals surface area contributed by atoms with Crippen LogP contribution in [0.1, 0.15) is 6.85 Å². The first-order valence-electron chi connectivity index (χ1n) is 16.4. The maximum absolute atomic E-state index is 8.62. The van der Waals surface area contributed by atoms with Crippen molar-refractivity contribution in [1.82, 2.24) is 15.0 Å². The van der Waals surface area contributed by atoms with Crippen LogP contribution in [0.5, 0.6) is 0 Å². The predicted molar refractivity (Wildman–Crippen MR) is 174 cm³/mol. The summed E-state index contributed by atoms with van der Waals surface area (Å²) in [5.74, 6) is 0.615. The molecular weight excluding hydrogens is 526 g/mol. The van der Waals surface area contributed by atoms with Gasteiger partial charge in [0.2, 0.25) is 0 Å². The van der Waals surface area contributed by atoms with Crippen LogP contribution >= 0.6 is 0 Å². The number of aromatic nitrogens is 3. The van der Waals surface area contributed by atoms with Crippen molar-refractivity contribution < 1.29 is 11.3 Å². The molecule has 0 saturated carbocycles. The van der Waals surface area contributed by atoms with Crippen LogP contribution in [0.4, 0.5) is 0 Å². The molecule has 2 heterocycles. The van der Waals surface area contributed by atoms with Gasteiger partial charge in [0.05, 0.1) is 6.85 Å². The van der Waals surface area contributed by atoms with E-state index in [-0.39, 0.29) is 23.5 Å². The minimum atomic E-state index is -0.478. The molecule has 0 atom stereocenters. The Morgan fingerprint density at radius 3 is 1.77 bits per heavy atom. The average Bonchev–Trinajstić information content (AvgIpc) is 3.52. The Morgan fingerprint density at radius 2 is 0.953 bits per heavy atom. The lowest BCUT2D eigenvalue weighted by atomic mass is 10.0. The molecule has 2 aromatic heterocycles. The lowest BCUT2D eigenvalue weighted by Crippen LogP contribution is -2.00. The Labute approximate surface area is 256 Å². The maximum atomic E-state index is 8.62. The van der Waals surface area contributed by atoms with E-state index in [1.807, 2.05) is 109 Å². The van der Waals surface area contributed by atoms with Gasteiger partial charge in [0.1, 0.15) is 11.2 Å². The van der Waals surface area contributed by atoms with Crippen LogP contribution in [0.2, 0.25) is 0 Å². The van der Waals surface area contributed by atoms with Crippen LogP contribution in [0.25, 0.3) is 78.4 Å². The second-order valence-electron chi connectivity index (χ2n) is 10.1. The number of nitrogens with zero attached hydrogens (tertiary/aromatic N) is 3. The summed E-state index contributed by atoms with van der Waals surface area (Å²) in [4.78, 5) is 14.2. The average molecular weight is 557 g/mol. The molecule has 0 N–H and O–H groups in total. The van der Waals surface area contributed by atoms with E-state index < -0.39 is 18.1 Å². The SMILES string of the molecule is [2H]c1c([2H])c([2H])c(-c2nc(-c3ccc(-c4ccccc4)cc3)nc(-c3cccc(-c4ccc5c(c4)oc4ccccc45)c3)n2)c([2H])c1[2H]. The van der Waals surface area contributed by atoms with Gasteiger partial charge in [0, 0.05) is 27.5 Å². The third-order valence-corrected chi connectivity index (χ3v) is 7.44. The van der Waals surface area contributed by atoms with E-state index in [1.165, 1.54) is 0 Å². The fourth-order valence-electron chi connectivity index (χ4n) is 5.29. The summed E-state index contributed by atoms with van der Waals surface area (Å²) >= 11 is 0. The molecule has 6 aromatic carbocycles. The second kappa shape index (κ2) is 10.5. The number of para-hydroxylation sites is 1. The van der Waals surface area contributed by atoms with Gasteiger partial charge in [0.25, 0.3) is 0 Å². The van der Waals surface area contributed by atoms with Gasteiger partial charge in [-0.15, -0.1) is 0 Å². The van der Waals surface area contributed by atoms with Crippen molar-refractivity contribution >= 4 is 21.9 Å². The lowest BCUT2D eigenvalue weighted by molar-refractivity contribution is 0.669. The third kappa shape index (κ3) is 4.75. The Bertz CT molecular complexity index is 2480. The molecule has 0 aliphatic rings. The molecule has 0 amide bonds. The summed E-state index contributed by atoms with van der Waals surface area (Å²) in [5.41, 5.74) is 6.84. The molecular formula is C39H25N3O. The first-order chi connectivity index (χ1) is 23.4. The largest absolute Gasteiger partial charge is 0.456 e. The normalized spacial score (nSPS) is 12.9. The van der Waals surface area contributed by atoms with Crippen molar-refractivity contribution in [1.29, 1.82) is 0 Å². The zero-order valence-electron chi connectivity index (χ0n) is 27.8. The number of furan rings is 1. The van der Waals surface area contributed by atoms with Crippen LogP contribution in [-0.4, -0.2) is 15.0 Å². The summed E-state index contributed by atoms with van der Waals surface area (Å²) in [6.45, 7) is 0. The monoisotopic (exact) mass is 556 g/mol. The van der Waals surface area contributed by atoms with Crippen LogP contribution in [0, 0.1) is 0 Å². The summed E-state index contributed by atoms with van der Waals surface area (Å²) in [6.07, 6.45) is 0. The zero-order valence-corrected chi connectivity index (χ0v) is 22.8. The van der Waals surface area contributed by atoms with Crippen molar-refractivity contribution in [3.63, 3.8) is 0 Å². The number of rotatable bonds is 5. The number of hydrogen-bond acceptors (Lipinski definition) is 4. The van der Waals surface area contributed by atoms with Crippen LogP contribution in [-0.2, 0) is 0 Å². The van der Waals surface area contributed by atoms with Gasteiger partial charge in [-0.1, -0.05) is 127 Å². The van der Waals surface area contributed by atoms with E-state index in [0.717, 1.165) is 44.2 Å². The Morgan fingerprint density at radius 1 is 0.395 bits per heavy atom. The molecule has 0 bridgehead atoms. The molecule has 0 saturated heterocycles. The number of hydrogen-bond donors (Lipinski definition) is 0. The van der Waals surface area contributed by atoms with Gasteiger partial charge in [-0.05, 0) is 46.5 Å². The van der Waals surface area contributed by atoms with Gasteiger partial charge in [-0.2, -0.15) is 0 Å². The predicted octanol–water partition coefficient (Wildman–Crippen LogP) is 10.1. The van der Waals surface area contributed by atoms with Crippen molar-refractivity contribution in [3.8, 4) is 56.4 Å². The zero-order chi connectivity index (χ0) is 32.9. The topological polar surface area (TPSA) is 51.8 Å². The van der Waals surface area contributed by atoms with Crippen molar-refractivity contribution in [2.24, 2.45) is 0 Å². The highest BCUT2D eigenvalue weighted by atomic mass is 16.3. The van der Waals surface area contributed by atoms with E-state index >= 15 is 0 Å². The third-order valence-electron chi connectivity index (χ3n) is 7.44. The van der Waals surface area contributed by atoms with Crippen LogP contribution < -0.4 is 0 Å². The highest BCUT2D eigenvalue weighted by Crippen LogP contribution is 2.34. The molecule has 4 heteroatoms. The standard InChI is InChI=1S/C39H25N3O/c1-3-10-26(11-4-1)27-18-20-29(21-19-27)38-40-37(28-12-5-2-6-13-28)41-39(42-38)32-15-9-14-30(24-32)31-22-23-34-33-16-7-8-17-35(33)43-36(34)25-31/h1-25H/i2D,5D,6D,12D,13D. The molecule has 0 fully saturated rings. The summed E-state index contributed by atoms with van der Waals surface area (Å²) in [6, 6.07) is 37.5. The first kappa shape index (κ1) is 20.1. The van der Waals surface area contributed by atoms with Crippen LogP contribution in [0.3, 0.4) is 0 Å².